The molecule has 0 saturated carbocycles. The molecule has 0 fully saturated rings. The Morgan fingerprint density at radius 3 is 2.88 bits per heavy atom. The van der Waals surface area contributed by atoms with Crippen LogP contribution in [0.1, 0.15) is 16.8 Å². The first-order chi connectivity index (χ1) is 11.8. The maximum absolute atomic E-state index is 10.2. The van der Waals surface area contributed by atoms with Gasteiger partial charge in [-0.1, -0.05) is 30.3 Å². The van der Waals surface area contributed by atoms with Crippen molar-refractivity contribution >= 4 is 0 Å². The third-order valence-corrected chi connectivity index (χ3v) is 4.13. The fourth-order valence-electron chi connectivity index (χ4n) is 2.94. The van der Waals surface area contributed by atoms with Crippen molar-refractivity contribution in [1.82, 2.24) is 14.9 Å². The summed E-state index contributed by atoms with van der Waals surface area (Å²) in [6.07, 6.45) is 1.86. The van der Waals surface area contributed by atoms with Crippen molar-refractivity contribution in [2.45, 2.75) is 25.7 Å². The molecule has 0 aliphatic carbocycles. The molecular formula is C18H23N3O3. The quantitative estimate of drug-likeness (QED) is 0.829. The van der Waals surface area contributed by atoms with E-state index < -0.39 is 6.10 Å². The number of methoxy groups -OCH3 is 1. The van der Waals surface area contributed by atoms with E-state index in [1.165, 1.54) is 0 Å². The number of aliphatic hydroxyl groups is 1. The molecule has 2 heterocycles. The molecule has 2 aromatic rings. The van der Waals surface area contributed by atoms with Crippen LogP contribution >= 0.6 is 0 Å². The first-order valence-corrected chi connectivity index (χ1v) is 8.15. The number of hydrogen-bond acceptors (Lipinski definition) is 6. The maximum atomic E-state index is 10.2. The average Bonchev–Trinajstić information content (AvgIpc) is 2.62. The van der Waals surface area contributed by atoms with Gasteiger partial charge in [0, 0.05) is 31.6 Å². The lowest BCUT2D eigenvalue weighted by atomic mass is 10.1. The highest BCUT2D eigenvalue weighted by Gasteiger charge is 2.23. The van der Waals surface area contributed by atoms with Crippen molar-refractivity contribution < 1.29 is 14.6 Å². The number of benzene rings is 1. The van der Waals surface area contributed by atoms with Crippen molar-refractivity contribution in [3.05, 3.63) is 53.5 Å². The molecule has 1 aliphatic heterocycles. The Morgan fingerprint density at radius 1 is 1.25 bits per heavy atom. The molecule has 1 atom stereocenters. The van der Waals surface area contributed by atoms with E-state index in [1.54, 1.807) is 13.4 Å². The standard InChI is InChI=1S/C18H23N3O3/c1-23-18-16-10-21(8-7-17(16)19-13-20-18)9-15(22)12-24-11-14-5-3-2-4-6-14/h2-6,13,15,22H,7-12H2,1H3. The predicted molar refractivity (Wildman–Crippen MR) is 89.7 cm³/mol. The molecule has 1 unspecified atom stereocenters. The van der Waals surface area contributed by atoms with Gasteiger partial charge >= 0.3 is 0 Å². The van der Waals surface area contributed by atoms with Gasteiger partial charge in [0.2, 0.25) is 5.88 Å². The SMILES string of the molecule is COc1ncnc2c1CN(CC(O)COCc1ccccc1)CC2. The second-order valence-electron chi connectivity index (χ2n) is 5.95. The summed E-state index contributed by atoms with van der Waals surface area (Å²) in [6, 6.07) is 9.97. The number of fused-ring (bicyclic) bond motifs is 1. The van der Waals surface area contributed by atoms with Crippen molar-refractivity contribution in [2.75, 3.05) is 26.8 Å². The van der Waals surface area contributed by atoms with Crippen molar-refractivity contribution in [1.29, 1.82) is 0 Å². The van der Waals surface area contributed by atoms with Crippen LogP contribution in [-0.4, -0.2) is 52.9 Å². The molecule has 6 heteroatoms. The number of β-amino-alcohol motifs (C(OH)–C–C–N with tert-alkyl or cyclic N) is 1. The van der Waals surface area contributed by atoms with Gasteiger partial charge in [-0.05, 0) is 5.56 Å². The minimum Gasteiger partial charge on any atom is -0.481 e. The molecule has 1 aromatic carbocycles. The Balaban J connectivity index is 1.48. The lowest BCUT2D eigenvalue weighted by molar-refractivity contribution is 0.00746. The number of hydrogen-bond donors (Lipinski definition) is 1. The highest BCUT2D eigenvalue weighted by atomic mass is 16.5. The van der Waals surface area contributed by atoms with Gasteiger partial charge in [-0.3, -0.25) is 4.90 Å². The summed E-state index contributed by atoms with van der Waals surface area (Å²) in [5, 5.41) is 10.2. The van der Waals surface area contributed by atoms with Crippen LogP contribution in [-0.2, 0) is 24.3 Å². The fourth-order valence-corrected chi connectivity index (χ4v) is 2.94. The van der Waals surface area contributed by atoms with Gasteiger partial charge in [-0.15, -0.1) is 0 Å². The summed E-state index contributed by atoms with van der Waals surface area (Å²) in [6.45, 7) is 2.95. The number of aromatic nitrogens is 2. The summed E-state index contributed by atoms with van der Waals surface area (Å²) in [5.41, 5.74) is 3.16. The fraction of sp³-hybridized carbons (Fsp3) is 0.444. The van der Waals surface area contributed by atoms with E-state index in [9.17, 15) is 5.11 Å². The van der Waals surface area contributed by atoms with Gasteiger partial charge in [0.05, 0.1) is 32.1 Å². The van der Waals surface area contributed by atoms with E-state index in [-0.39, 0.29) is 0 Å². The first-order valence-electron chi connectivity index (χ1n) is 8.15. The summed E-state index contributed by atoms with van der Waals surface area (Å²) in [7, 11) is 1.62. The monoisotopic (exact) mass is 329 g/mol. The molecule has 128 valence electrons. The number of aliphatic hydroxyl groups excluding tert-OH is 1. The molecule has 1 N–H and O–H groups in total. The maximum Gasteiger partial charge on any atom is 0.220 e. The van der Waals surface area contributed by atoms with Crippen LogP contribution in [0.4, 0.5) is 0 Å². The van der Waals surface area contributed by atoms with Crippen LogP contribution in [0.25, 0.3) is 0 Å². The van der Waals surface area contributed by atoms with E-state index in [2.05, 4.69) is 14.9 Å². The van der Waals surface area contributed by atoms with Gasteiger partial charge < -0.3 is 14.6 Å². The summed E-state index contributed by atoms with van der Waals surface area (Å²) >= 11 is 0. The van der Waals surface area contributed by atoms with Crippen molar-refractivity contribution in [3.8, 4) is 5.88 Å². The van der Waals surface area contributed by atoms with E-state index >= 15 is 0 Å². The third kappa shape index (κ3) is 4.29. The number of nitrogens with zero attached hydrogens (tertiary/aromatic N) is 3. The molecule has 0 saturated heterocycles. The van der Waals surface area contributed by atoms with E-state index in [4.69, 9.17) is 9.47 Å². The number of ether oxygens (including phenoxy) is 2. The summed E-state index contributed by atoms with van der Waals surface area (Å²) in [5.74, 6) is 0.625. The topological polar surface area (TPSA) is 67.7 Å². The van der Waals surface area contributed by atoms with Crippen molar-refractivity contribution in [3.63, 3.8) is 0 Å². The zero-order valence-electron chi connectivity index (χ0n) is 13.9. The highest BCUT2D eigenvalue weighted by molar-refractivity contribution is 5.31. The molecule has 0 amide bonds. The molecule has 6 nitrogen and oxygen atoms in total. The van der Waals surface area contributed by atoms with Crippen LogP contribution in [0.2, 0.25) is 0 Å². The van der Waals surface area contributed by atoms with Gasteiger partial charge in [0.25, 0.3) is 0 Å². The Hall–Kier alpha value is -2.02. The number of rotatable bonds is 7. The van der Waals surface area contributed by atoms with E-state index in [1.807, 2.05) is 30.3 Å². The van der Waals surface area contributed by atoms with Gasteiger partial charge in [0.15, 0.2) is 0 Å². The Kier molecular flexibility index (Phi) is 5.74. The second-order valence-corrected chi connectivity index (χ2v) is 5.95. The summed E-state index contributed by atoms with van der Waals surface area (Å²) < 4.78 is 10.9. The molecule has 0 spiro atoms. The van der Waals surface area contributed by atoms with Crippen LogP contribution in [0, 0.1) is 0 Å². The Morgan fingerprint density at radius 2 is 2.08 bits per heavy atom. The Bertz CT molecular complexity index is 637. The summed E-state index contributed by atoms with van der Waals surface area (Å²) in [4.78, 5) is 10.7. The normalized spacial score (nSPS) is 15.8. The second kappa shape index (κ2) is 8.19. The lowest BCUT2D eigenvalue weighted by Crippen LogP contribution is -2.38. The van der Waals surface area contributed by atoms with E-state index in [0.29, 0.717) is 32.2 Å². The largest absolute Gasteiger partial charge is 0.481 e. The molecule has 1 aliphatic rings. The van der Waals surface area contributed by atoms with Crippen LogP contribution in [0.15, 0.2) is 36.7 Å². The smallest absolute Gasteiger partial charge is 0.220 e. The Labute approximate surface area is 142 Å². The average molecular weight is 329 g/mol. The van der Waals surface area contributed by atoms with Crippen LogP contribution in [0.3, 0.4) is 0 Å². The molecule has 24 heavy (non-hydrogen) atoms. The molecular weight excluding hydrogens is 306 g/mol. The minimum atomic E-state index is -0.522. The van der Waals surface area contributed by atoms with E-state index in [0.717, 1.165) is 29.8 Å². The van der Waals surface area contributed by atoms with Gasteiger partial charge in [0.1, 0.15) is 6.33 Å². The zero-order chi connectivity index (χ0) is 16.8. The third-order valence-electron chi connectivity index (χ3n) is 4.13. The van der Waals surface area contributed by atoms with Crippen LogP contribution < -0.4 is 4.74 Å². The molecule has 3 rings (SSSR count). The van der Waals surface area contributed by atoms with Gasteiger partial charge in [-0.25, -0.2) is 9.97 Å². The highest BCUT2D eigenvalue weighted by Crippen LogP contribution is 2.24. The lowest BCUT2D eigenvalue weighted by Gasteiger charge is -2.30. The zero-order valence-corrected chi connectivity index (χ0v) is 13.9. The molecule has 1 aromatic heterocycles. The molecule has 0 bridgehead atoms. The van der Waals surface area contributed by atoms with Crippen LogP contribution in [0.5, 0.6) is 5.88 Å². The molecule has 0 radical (unpaired) electrons. The van der Waals surface area contributed by atoms with Gasteiger partial charge in [-0.2, -0.15) is 0 Å². The first kappa shape index (κ1) is 16.8. The predicted octanol–water partition coefficient (Wildman–Crippen LogP) is 1.42. The van der Waals surface area contributed by atoms with Crippen molar-refractivity contribution in [2.24, 2.45) is 0 Å². The minimum absolute atomic E-state index is 0.320.